The molecule has 0 saturated heterocycles. The molecule has 0 bridgehead atoms. The molecule has 3 heteroatoms. The van der Waals surface area contributed by atoms with Crippen LogP contribution in [0.4, 0.5) is 4.39 Å². The van der Waals surface area contributed by atoms with Crippen LogP contribution >= 0.6 is 11.8 Å². The van der Waals surface area contributed by atoms with Crippen molar-refractivity contribution in [3.8, 4) is 0 Å². The summed E-state index contributed by atoms with van der Waals surface area (Å²) < 4.78 is 13.2. The molecule has 0 aliphatic rings. The monoisotopic (exact) mass is 276 g/mol. The molecule has 0 aromatic heterocycles. The van der Waals surface area contributed by atoms with Crippen LogP contribution in [0.5, 0.6) is 0 Å². The van der Waals surface area contributed by atoms with Crippen molar-refractivity contribution < 1.29 is 9.50 Å². The molecule has 19 heavy (non-hydrogen) atoms. The van der Waals surface area contributed by atoms with Crippen molar-refractivity contribution in [2.45, 2.75) is 24.8 Å². The minimum Gasteiger partial charge on any atom is -0.388 e. The quantitative estimate of drug-likeness (QED) is 0.842. The van der Waals surface area contributed by atoms with E-state index in [-0.39, 0.29) is 5.82 Å². The Morgan fingerprint density at radius 2 is 1.84 bits per heavy atom. The lowest BCUT2D eigenvalue weighted by atomic mass is 10.1. The van der Waals surface area contributed by atoms with Crippen molar-refractivity contribution >= 4 is 11.8 Å². The number of benzene rings is 2. The maximum absolute atomic E-state index is 13.2. The number of aryl methyl sites for hydroxylation is 2. The summed E-state index contributed by atoms with van der Waals surface area (Å²) in [7, 11) is 0. The third-order valence-electron chi connectivity index (χ3n) is 3.09. The number of hydrogen-bond acceptors (Lipinski definition) is 2. The number of thioether (sulfide) groups is 1. The lowest BCUT2D eigenvalue weighted by molar-refractivity contribution is 0.203. The highest BCUT2D eigenvalue weighted by molar-refractivity contribution is 7.99. The number of hydrogen-bond donors (Lipinski definition) is 1. The van der Waals surface area contributed by atoms with E-state index in [1.54, 1.807) is 6.07 Å². The predicted octanol–water partition coefficient (Wildman–Crippen LogP) is 4.27. The van der Waals surface area contributed by atoms with Gasteiger partial charge in [0.2, 0.25) is 0 Å². The topological polar surface area (TPSA) is 20.2 Å². The number of aliphatic hydroxyl groups is 1. The zero-order chi connectivity index (χ0) is 13.8. The highest BCUT2D eigenvalue weighted by Gasteiger charge is 2.11. The Bertz CT molecular complexity index is 568. The van der Waals surface area contributed by atoms with Gasteiger partial charge in [0.05, 0.1) is 6.10 Å². The first kappa shape index (κ1) is 14.1. The van der Waals surface area contributed by atoms with E-state index in [1.165, 1.54) is 23.9 Å². The normalized spacial score (nSPS) is 12.4. The Kier molecular flexibility index (Phi) is 4.61. The highest BCUT2D eigenvalue weighted by atomic mass is 32.2. The average Bonchev–Trinajstić information content (AvgIpc) is 2.40. The third-order valence-corrected chi connectivity index (χ3v) is 4.33. The van der Waals surface area contributed by atoms with Crippen LogP contribution in [-0.4, -0.2) is 10.9 Å². The maximum atomic E-state index is 13.2. The molecule has 2 aromatic rings. The van der Waals surface area contributed by atoms with Gasteiger partial charge in [-0.05, 0) is 42.7 Å². The molecule has 0 fully saturated rings. The third kappa shape index (κ3) is 3.58. The SMILES string of the molecule is Cc1ccc(F)cc1SCC(O)c1ccccc1C. The molecule has 0 saturated carbocycles. The van der Waals surface area contributed by atoms with E-state index < -0.39 is 6.10 Å². The summed E-state index contributed by atoms with van der Waals surface area (Å²) >= 11 is 1.48. The fourth-order valence-electron chi connectivity index (χ4n) is 1.95. The van der Waals surface area contributed by atoms with Gasteiger partial charge < -0.3 is 5.11 Å². The standard InChI is InChI=1S/C16H17FOS/c1-11-5-3-4-6-14(11)15(18)10-19-16-9-13(17)8-7-12(16)2/h3-9,15,18H,10H2,1-2H3. The van der Waals surface area contributed by atoms with Gasteiger partial charge in [0.15, 0.2) is 0 Å². The molecule has 1 unspecified atom stereocenters. The van der Waals surface area contributed by atoms with Gasteiger partial charge >= 0.3 is 0 Å². The van der Waals surface area contributed by atoms with Crippen LogP contribution in [0.25, 0.3) is 0 Å². The molecule has 1 atom stereocenters. The Labute approximate surface area is 117 Å². The second kappa shape index (κ2) is 6.22. The molecule has 100 valence electrons. The van der Waals surface area contributed by atoms with Gasteiger partial charge in [-0.2, -0.15) is 0 Å². The number of rotatable bonds is 4. The van der Waals surface area contributed by atoms with E-state index in [0.717, 1.165) is 21.6 Å². The Morgan fingerprint density at radius 3 is 2.58 bits per heavy atom. The Morgan fingerprint density at radius 1 is 1.11 bits per heavy atom. The molecular formula is C16H17FOS. The summed E-state index contributed by atoms with van der Waals surface area (Å²) in [5.74, 6) is 0.285. The first-order valence-corrected chi connectivity index (χ1v) is 7.19. The largest absolute Gasteiger partial charge is 0.388 e. The second-order valence-electron chi connectivity index (χ2n) is 4.59. The number of halogens is 1. The molecule has 1 nitrogen and oxygen atoms in total. The fraction of sp³-hybridized carbons (Fsp3) is 0.250. The van der Waals surface area contributed by atoms with Crippen LogP contribution in [-0.2, 0) is 0 Å². The van der Waals surface area contributed by atoms with Gasteiger partial charge in [0, 0.05) is 10.6 Å². The van der Waals surface area contributed by atoms with E-state index >= 15 is 0 Å². The van der Waals surface area contributed by atoms with Gasteiger partial charge in [0.25, 0.3) is 0 Å². The maximum Gasteiger partial charge on any atom is 0.124 e. The smallest absolute Gasteiger partial charge is 0.124 e. The fourth-order valence-corrected chi connectivity index (χ4v) is 2.96. The minimum atomic E-state index is -0.533. The van der Waals surface area contributed by atoms with Crippen molar-refractivity contribution in [2.75, 3.05) is 5.75 Å². The van der Waals surface area contributed by atoms with E-state index in [0.29, 0.717) is 5.75 Å². The number of aliphatic hydroxyl groups excluding tert-OH is 1. The summed E-state index contributed by atoms with van der Waals surface area (Å²) in [5, 5.41) is 10.2. The first-order chi connectivity index (χ1) is 9.08. The molecule has 1 N–H and O–H groups in total. The molecule has 0 heterocycles. The highest BCUT2D eigenvalue weighted by Crippen LogP contribution is 2.28. The van der Waals surface area contributed by atoms with Crippen LogP contribution in [0.2, 0.25) is 0 Å². The molecule has 0 aliphatic heterocycles. The van der Waals surface area contributed by atoms with E-state index in [1.807, 2.05) is 38.1 Å². The van der Waals surface area contributed by atoms with Gasteiger partial charge in [-0.3, -0.25) is 0 Å². The van der Waals surface area contributed by atoms with E-state index in [4.69, 9.17) is 0 Å². The Balaban J connectivity index is 2.06. The molecule has 2 rings (SSSR count). The predicted molar refractivity (Wildman–Crippen MR) is 78.0 cm³/mol. The molecule has 0 aliphatic carbocycles. The van der Waals surface area contributed by atoms with Gasteiger partial charge in [-0.25, -0.2) is 4.39 Å². The Hall–Kier alpha value is -1.32. The minimum absolute atomic E-state index is 0.238. The molecule has 0 spiro atoms. The molecule has 2 aromatic carbocycles. The lowest BCUT2D eigenvalue weighted by Gasteiger charge is -2.14. The van der Waals surface area contributed by atoms with E-state index in [9.17, 15) is 9.50 Å². The van der Waals surface area contributed by atoms with Crippen LogP contribution < -0.4 is 0 Å². The van der Waals surface area contributed by atoms with Crippen molar-refractivity contribution in [3.63, 3.8) is 0 Å². The first-order valence-electron chi connectivity index (χ1n) is 6.20. The molecular weight excluding hydrogens is 259 g/mol. The summed E-state index contributed by atoms with van der Waals surface area (Å²) in [6, 6.07) is 12.5. The van der Waals surface area contributed by atoms with Crippen molar-refractivity contribution in [3.05, 3.63) is 65.0 Å². The summed E-state index contributed by atoms with van der Waals surface area (Å²) in [4.78, 5) is 0.882. The summed E-state index contributed by atoms with van der Waals surface area (Å²) in [6.07, 6.45) is -0.533. The van der Waals surface area contributed by atoms with Gasteiger partial charge in [-0.15, -0.1) is 11.8 Å². The molecule has 0 radical (unpaired) electrons. The van der Waals surface area contributed by atoms with Crippen molar-refractivity contribution in [1.82, 2.24) is 0 Å². The zero-order valence-corrected chi connectivity index (χ0v) is 11.9. The van der Waals surface area contributed by atoms with Crippen molar-refractivity contribution in [2.24, 2.45) is 0 Å². The van der Waals surface area contributed by atoms with Crippen LogP contribution in [0.15, 0.2) is 47.4 Å². The summed E-state index contributed by atoms with van der Waals surface area (Å²) in [6.45, 7) is 3.93. The lowest BCUT2D eigenvalue weighted by Crippen LogP contribution is -2.03. The van der Waals surface area contributed by atoms with Crippen molar-refractivity contribution in [1.29, 1.82) is 0 Å². The van der Waals surface area contributed by atoms with Gasteiger partial charge in [-0.1, -0.05) is 30.3 Å². The molecule has 0 amide bonds. The van der Waals surface area contributed by atoms with Crippen LogP contribution in [0, 0.1) is 19.7 Å². The van der Waals surface area contributed by atoms with Gasteiger partial charge in [0.1, 0.15) is 5.82 Å². The van der Waals surface area contributed by atoms with E-state index in [2.05, 4.69) is 0 Å². The summed E-state index contributed by atoms with van der Waals surface area (Å²) in [5.41, 5.74) is 3.04. The van der Waals surface area contributed by atoms with Crippen LogP contribution in [0.1, 0.15) is 22.8 Å². The van der Waals surface area contributed by atoms with Crippen LogP contribution in [0.3, 0.4) is 0 Å². The second-order valence-corrected chi connectivity index (χ2v) is 5.66. The average molecular weight is 276 g/mol. The zero-order valence-electron chi connectivity index (χ0n) is 11.1.